The second kappa shape index (κ2) is 8.09. The number of hydrogen-bond acceptors (Lipinski definition) is 7. The Kier molecular flexibility index (Phi) is 5.62. The Labute approximate surface area is 154 Å². The number of fused-ring (bicyclic) bond motifs is 1. The third-order valence-electron chi connectivity index (χ3n) is 3.76. The lowest BCUT2D eigenvalue weighted by Gasteiger charge is -2.08. The number of ether oxygens (including phenoxy) is 2. The normalized spacial score (nSPS) is 10.8. The van der Waals surface area contributed by atoms with Crippen LogP contribution in [0.1, 0.15) is 40.8 Å². The molecule has 0 atom stereocenters. The zero-order valence-corrected chi connectivity index (χ0v) is 15.4. The first kappa shape index (κ1) is 18.1. The number of methoxy groups -OCH3 is 1. The van der Waals surface area contributed by atoms with Gasteiger partial charge in [0.15, 0.2) is 0 Å². The van der Waals surface area contributed by atoms with Gasteiger partial charge in [-0.25, -0.2) is 9.78 Å². The molecule has 0 bridgehead atoms. The Morgan fingerprint density at radius 2 is 2.12 bits per heavy atom. The zero-order valence-electron chi connectivity index (χ0n) is 14.6. The van der Waals surface area contributed by atoms with E-state index in [0.29, 0.717) is 22.0 Å². The van der Waals surface area contributed by atoms with Crippen molar-refractivity contribution in [3.63, 3.8) is 0 Å². The predicted octanol–water partition coefficient (Wildman–Crippen LogP) is 2.86. The Morgan fingerprint density at radius 3 is 2.88 bits per heavy atom. The maximum Gasteiger partial charge on any atom is 0.342 e. The van der Waals surface area contributed by atoms with Crippen LogP contribution in [0.3, 0.4) is 0 Å². The summed E-state index contributed by atoms with van der Waals surface area (Å²) in [5.41, 5.74) is 0.439. The largest absolute Gasteiger partial charge is 0.496 e. The lowest BCUT2D eigenvalue weighted by atomic mass is 10.2. The third-order valence-corrected chi connectivity index (χ3v) is 4.73. The van der Waals surface area contributed by atoms with Gasteiger partial charge in [0.2, 0.25) is 4.96 Å². The Hall–Kier alpha value is -2.74. The van der Waals surface area contributed by atoms with Gasteiger partial charge >= 0.3 is 5.97 Å². The minimum Gasteiger partial charge on any atom is -0.496 e. The van der Waals surface area contributed by atoms with Crippen molar-refractivity contribution in [2.75, 3.05) is 7.11 Å². The summed E-state index contributed by atoms with van der Waals surface area (Å²) in [5.74, 6) is -0.0959. The molecule has 0 spiro atoms. The summed E-state index contributed by atoms with van der Waals surface area (Å²) in [6.45, 7) is 2.01. The molecular formula is C18H19N3O4S. The summed E-state index contributed by atoms with van der Waals surface area (Å²) in [6.07, 6.45) is 2.89. The average molecular weight is 373 g/mol. The fourth-order valence-corrected chi connectivity index (χ4v) is 3.39. The Balaban J connectivity index is 1.76. The summed E-state index contributed by atoms with van der Waals surface area (Å²) in [4.78, 5) is 29.3. The second-order valence-electron chi connectivity index (χ2n) is 5.66. The molecule has 3 aromatic rings. The number of unbranched alkanes of at least 4 members (excludes halogenated alkanes) is 1. The number of carbonyl (C=O) groups excluding carboxylic acids is 1. The fourth-order valence-electron chi connectivity index (χ4n) is 2.43. The SMILES string of the molecule is CCCCc1nn2c(=O)cc(COC(=O)c3ccccc3OC)nc2s1. The van der Waals surface area contributed by atoms with Crippen LogP contribution < -0.4 is 10.3 Å². The van der Waals surface area contributed by atoms with E-state index in [0.717, 1.165) is 24.3 Å². The van der Waals surface area contributed by atoms with Crippen LogP contribution in [0.2, 0.25) is 0 Å². The number of rotatable bonds is 7. The first-order chi connectivity index (χ1) is 12.6. The van der Waals surface area contributed by atoms with E-state index in [1.165, 1.54) is 29.0 Å². The van der Waals surface area contributed by atoms with Crippen molar-refractivity contribution in [2.24, 2.45) is 0 Å². The van der Waals surface area contributed by atoms with Gasteiger partial charge in [-0.05, 0) is 18.6 Å². The molecule has 0 radical (unpaired) electrons. The number of nitrogens with zero attached hydrogens (tertiary/aromatic N) is 3. The molecule has 26 heavy (non-hydrogen) atoms. The molecule has 0 saturated heterocycles. The Morgan fingerprint density at radius 1 is 1.31 bits per heavy atom. The van der Waals surface area contributed by atoms with Crippen LogP contribution >= 0.6 is 11.3 Å². The highest BCUT2D eigenvalue weighted by Gasteiger charge is 2.14. The van der Waals surface area contributed by atoms with Gasteiger partial charge < -0.3 is 9.47 Å². The van der Waals surface area contributed by atoms with Crippen molar-refractivity contribution in [1.29, 1.82) is 0 Å². The minimum atomic E-state index is -0.530. The molecule has 0 aliphatic heterocycles. The molecule has 3 rings (SSSR count). The highest BCUT2D eigenvalue weighted by Crippen LogP contribution is 2.19. The molecule has 0 amide bonds. The lowest BCUT2D eigenvalue weighted by molar-refractivity contribution is 0.0464. The van der Waals surface area contributed by atoms with Crippen molar-refractivity contribution < 1.29 is 14.3 Å². The Bertz CT molecular complexity index is 980. The molecule has 8 heteroatoms. The van der Waals surface area contributed by atoms with Gasteiger partial charge in [-0.15, -0.1) is 0 Å². The van der Waals surface area contributed by atoms with Crippen LogP contribution in [0, 0.1) is 0 Å². The lowest BCUT2D eigenvalue weighted by Crippen LogP contribution is -2.17. The number of para-hydroxylation sites is 1. The number of carbonyl (C=O) groups is 1. The van der Waals surface area contributed by atoms with E-state index in [4.69, 9.17) is 9.47 Å². The van der Waals surface area contributed by atoms with Crippen molar-refractivity contribution in [3.8, 4) is 5.75 Å². The van der Waals surface area contributed by atoms with E-state index in [-0.39, 0.29) is 12.2 Å². The molecular weight excluding hydrogens is 354 g/mol. The van der Waals surface area contributed by atoms with E-state index in [9.17, 15) is 9.59 Å². The molecule has 0 saturated carbocycles. The molecule has 0 fully saturated rings. The van der Waals surface area contributed by atoms with Crippen LogP contribution in [0.25, 0.3) is 4.96 Å². The number of aromatic nitrogens is 3. The van der Waals surface area contributed by atoms with Gasteiger partial charge in [0.1, 0.15) is 22.9 Å². The first-order valence-electron chi connectivity index (χ1n) is 8.31. The van der Waals surface area contributed by atoms with E-state index in [1.54, 1.807) is 24.3 Å². The van der Waals surface area contributed by atoms with Crippen molar-refractivity contribution in [1.82, 2.24) is 14.6 Å². The van der Waals surface area contributed by atoms with E-state index >= 15 is 0 Å². The van der Waals surface area contributed by atoms with Gasteiger partial charge in [0.05, 0.1) is 12.8 Å². The van der Waals surface area contributed by atoms with Crippen LogP contribution in [-0.4, -0.2) is 27.7 Å². The van der Waals surface area contributed by atoms with Crippen molar-refractivity contribution >= 4 is 22.3 Å². The third kappa shape index (κ3) is 3.91. The van der Waals surface area contributed by atoms with Gasteiger partial charge in [-0.3, -0.25) is 4.79 Å². The summed E-state index contributed by atoms with van der Waals surface area (Å²) in [6, 6.07) is 8.14. The predicted molar refractivity (Wildman–Crippen MR) is 97.9 cm³/mol. The number of aryl methyl sites for hydroxylation is 1. The molecule has 1 aromatic carbocycles. The smallest absolute Gasteiger partial charge is 0.342 e. The molecule has 2 aromatic heterocycles. The van der Waals surface area contributed by atoms with E-state index < -0.39 is 5.97 Å². The maximum atomic E-state index is 12.2. The van der Waals surface area contributed by atoms with Gasteiger partial charge in [-0.1, -0.05) is 36.8 Å². The van der Waals surface area contributed by atoms with Crippen molar-refractivity contribution in [3.05, 3.63) is 57.0 Å². The van der Waals surface area contributed by atoms with Crippen molar-refractivity contribution in [2.45, 2.75) is 32.8 Å². The molecule has 0 N–H and O–H groups in total. The number of hydrogen-bond donors (Lipinski definition) is 0. The number of benzene rings is 1. The zero-order chi connectivity index (χ0) is 18.5. The molecule has 7 nitrogen and oxygen atoms in total. The summed E-state index contributed by atoms with van der Waals surface area (Å²) < 4.78 is 11.7. The second-order valence-corrected chi connectivity index (χ2v) is 6.70. The molecule has 0 unspecified atom stereocenters. The standard InChI is InChI=1S/C18H19N3O4S/c1-3-4-9-15-20-21-16(22)10-12(19-18(21)26-15)11-25-17(23)13-7-5-6-8-14(13)24-2/h5-8,10H,3-4,9,11H2,1-2H3. The van der Waals surface area contributed by atoms with Crippen LogP contribution in [0.15, 0.2) is 35.1 Å². The first-order valence-corrected chi connectivity index (χ1v) is 9.13. The monoisotopic (exact) mass is 373 g/mol. The van der Waals surface area contributed by atoms with E-state index in [2.05, 4.69) is 17.0 Å². The fraction of sp³-hybridized carbons (Fsp3) is 0.333. The topological polar surface area (TPSA) is 82.8 Å². The highest BCUT2D eigenvalue weighted by molar-refractivity contribution is 7.16. The van der Waals surface area contributed by atoms with Crippen LogP contribution in [0.5, 0.6) is 5.75 Å². The highest BCUT2D eigenvalue weighted by atomic mass is 32.1. The quantitative estimate of drug-likeness (QED) is 0.592. The molecule has 136 valence electrons. The van der Waals surface area contributed by atoms with Gasteiger partial charge in [0.25, 0.3) is 5.56 Å². The van der Waals surface area contributed by atoms with Crippen LogP contribution in [-0.2, 0) is 17.8 Å². The number of esters is 1. The van der Waals surface area contributed by atoms with Gasteiger partial charge in [0, 0.05) is 12.5 Å². The summed E-state index contributed by atoms with van der Waals surface area (Å²) in [5, 5.41) is 5.17. The van der Waals surface area contributed by atoms with Crippen LogP contribution in [0.4, 0.5) is 0 Å². The maximum absolute atomic E-state index is 12.2. The summed E-state index contributed by atoms with van der Waals surface area (Å²) in [7, 11) is 1.49. The average Bonchev–Trinajstić information content (AvgIpc) is 3.08. The molecule has 0 aliphatic rings. The minimum absolute atomic E-state index is 0.0924. The summed E-state index contributed by atoms with van der Waals surface area (Å²) >= 11 is 1.38. The van der Waals surface area contributed by atoms with Gasteiger partial charge in [-0.2, -0.15) is 9.61 Å². The molecule has 0 aliphatic carbocycles. The molecule has 2 heterocycles. The van der Waals surface area contributed by atoms with E-state index in [1.807, 2.05) is 0 Å².